The van der Waals surface area contributed by atoms with E-state index in [2.05, 4.69) is 27.9 Å². The third-order valence-corrected chi connectivity index (χ3v) is 4.03. The van der Waals surface area contributed by atoms with E-state index in [4.69, 9.17) is 16.3 Å². The van der Waals surface area contributed by atoms with Crippen molar-refractivity contribution in [3.8, 4) is 5.75 Å². The zero-order valence-corrected chi connectivity index (χ0v) is 14.9. The maximum Gasteiger partial charge on any atom is 0.257 e. The SMILES string of the molecule is O=C(COc1ccc(I)cc1)NCCCc1ccc(Cl)cc1. The van der Waals surface area contributed by atoms with Crippen molar-refractivity contribution in [2.45, 2.75) is 12.8 Å². The lowest BCUT2D eigenvalue weighted by Crippen LogP contribution is -2.29. The van der Waals surface area contributed by atoms with E-state index in [1.165, 1.54) is 5.56 Å². The summed E-state index contributed by atoms with van der Waals surface area (Å²) in [4.78, 5) is 11.7. The number of carbonyl (C=O) groups excluding carboxylic acids is 1. The van der Waals surface area contributed by atoms with Gasteiger partial charge >= 0.3 is 0 Å². The fraction of sp³-hybridized carbons (Fsp3) is 0.235. The lowest BCUT2D eigenvalue weighted by atomic mass is 10.1. The Morgan fingerprint density at radius 1 is 1.09 bits per heavy atom. The molecule has 3 nitrogen and oxygen atoms in total. The number of rotatable bonds is 7. The van der Waals surface area contributed by atoms with E-state index in [1.807, 2.05) is 48.5 Å². The second kappa shape index (κ2) is 9.00. The summed E-state index contributed by atoms with van der Waals surface area (Å²) in [5.74, 6) is 0.603. The molecule has 0 saturated carbocycles. The van der Waals surface area contributed by atoms with Crippen molar-refractivity contribution in [3.05, 3.63) is 62.7 Å². The summed E-state index contributed by atoms with van der Waals surface area (Å²) in [5, 5.41) is 3.59. The van der Waals surface area contributed by atoms with Crippen LogP contribution in [0.4, 0.5) is 0 Å². The second-order valence-electron chi connectivity index (χ2n) is 4.82. The van der Waals surface area contributed by atoms with Gasteiger partial charge in [0, 0.05) is 15.1 Å². The number of hydrogen-bond acceptors (Lipinski definition) is 2. The maximum atomic E-state index is 11.7. The van der Waals surface area contributed by atoms with Crippen molar-refractivity contribution in [2.24, 2.45) is 0 Å². The molecule has 0 aliphatic rings. The number of aryl methyl sites for hydroxylation is 1. The molecule has 2 rings (SSSR count). The van der Waals surface area contributed by atoms with Gasteiger partial charge < -0.3 is 10.1 Å². The molecule has 0 radical (unpaired) electrons. The van der Waals surface area contributed by atoms with Crippen molar-refractivity contribution in [2.75, 3.05) is 13.2 Å². The van der Waals surface area contributed by atoms with Crippen LogP contribution < -0.4 is 10.1 Å². The zero-order valence-electron chi connectivity index (χ0n) is 12.0. The van der Waals surface area contributed by atoms with Crippen LogP contribution in [-0.4, -0.2) is 19.1 Å². The molecular weight excluding hydrogens is 413 g/mol. The van der Waals surface area contributed by atoms with Crippen LogP contribution in [0.3, 0.4) is 0 Å². The first-order chi connectivity index (χ1) is 10.6. The Balaban J connectivity index is 1.61. The van der Waals surface area contributed by atoms with Gasteiger partial charge in [-0.25, -0.2) is 0 Å². The van der Waals surface area contributed by atoms with Crippen molar-refractivity contribution in [3.63, 3.8) is 0 Å². The molecule has 0 aliphatic carbocycles. The predicted molar refractivity (Wildman–Crippen MR) is 97.4 cm³/mol. The van der Waals surface area contributed by atoms with Crippen molar-refractivity contribution in [1.82, 2.24) is 5.32 Å². The highest BCUT2D eigenvalue weighted by atomic mass is 127. The molecule has 1 N–H and O–H groups in total. The Morgan fingerprint density at radius 2 is 1.77 bits per heavy atom. The highest BCUT2D eigenvalue weighted by Crippen LogP contribution is 2.13. The summed E-state index contributed by atoms with van der Waals surface area (Å²) in [5.41, 5.74) is 1.22. The van der Waals surface area contributed by atoms with E-state index in [0.717, 1.165) is 21.4 Å². The minimum Gasteiger partial charge on any atom is -0.484 e. The summed E-state index contributed by atoms with van der Waals surface area (Å²) < 4.78 is 6.56. The van der Waals surface area contributed by atoms with Gasteiger partial charge in [0.15, 0.2) is 6.61 Å². The fourth-order valence-electron chi connectivity index (χ4n) is 1.90. The summed E-state index contributed by atoms with van der Waals surface area (Å²) in [7, 11) is 0. The highest BCUT2D eigenvalue weighted by Gasteiger charge is 2.02. The van der Waals surface area contributed by atoms with Crippen LogP contribution >= 0.6 is 34.2 Å². The largest absolute Gasteiger partial charge is 0.484 e. The monoisotopic (exact) mass is 429 g/mol. The normalized spacial score (nSPS) is 10.3. The number of benzene rings is 2. The van der Waals surface area contributed by atoms with Gasteiger partial charge in [-0.2, -0.15) is 0 Å². The molecule has 2 aromatic rings. The number of ether oxygens (including phenoxy) is 1. The third-order valence-electron chi connectivity index (χ3n) is 3.06. The van der Waals surface area contributed by atoms with Crippen LogP contribution in [0.15, 0.2) is 48.5 Å². The first-order valence-corrected chi connectivity index (χ1v) is 8.48. The highest BCUT2D eigenvalue weighted by molar-refractivity contribution is 14.1. The maximum absolute atomic E-state index is 11.7. The number of nitrogens with one attached hydrogen (secondary N) is 1. The minimum atomic E-state index is -0.102. The molecule has 0 fully saturated rings. The molecule has 0 saturated heterocycles. The van der Waals surface area contributed by atoms with E-state index in [0.29, 0.717) is 12.3 Å². The van der Waals surface area contributed by atoms with Gasteiger partial charge in [-0.05, 0) is 77.4 Å². The first-order valence-electron chi connectivity index (χ1n) is 7.03. The molecule has 22 heavy (non-hydrogen) atoms. The molecule has 0 aromatic heterocycles. The molecule has 0 heterocycles. The number of amides is 1. The number of hydrogen-bond donors (Lipinski definition) is 1. The van der Waals surface area contributed by atoms with Crippen molar-refractivity contribution >= 4 is 40.1 Å². The first kappa shape index (κ1) is 17.1. The molecule has 0 unspecified atom stereocenters. The molecular formula is C17H17ClINO2. The summed E-state index contributed by atoms with van der Waals surface area (Å²) in [6.07, 6.45) is 1.80. The third kappa shape index (κ3) is 6.23. The van der Waals surface area contributed by atoms with Crippen molar-refractivity contribution < 1.29 is 9.53 Å². The van der Waals surface area contributed by atoms with E-state index in [1.54, 1.807) is 0 Å². The van der Waals surface area contributed by atoms with Crippen LogP contribution in [0.1, 0.15) is 12.0 Å². The summed E-state index contributed by atoms with van der Waals surface area (Å²) in [6.45, 7) is 0.680. The second-order valence-corrected chi connectivity index (χ2v) is 6.50. The van der Waals surface area contributed by atoms with Gasteiger partial charge in [0.1, 0.15) is 5.75 Å². The van der Waals surface area contributed by atoms with Gasteiger partial charge in [0.25, 0.3) is 5.91 Å². The van der Waals surface area contributed by atoms with E-state index < -0.39 is 0 Å². The molecule has 1 amide bonds. The Bertz CT molecular complexity index is 599. The lowest BCUT2D eigenvalue weighted by Gasteiger charge is -2.07. The molecule has 0 atom stereocenters. The van der Waals surface area contributed by atoms with E-state index in [9.17, 15) is 4.79 Å². The van der Waals surface area contributed by atoms with Crippen LogP contribution in [-0.2, 0) is 11.2 Å². The van der Waals surface area contributed by atoms with Crippen LogP contribution in [0.5, 0.6) is 5.75 Å². The van der Waals surface area contributed by atoms with Crippen molar-refractivity contribution in [1.29, 1.82) is 0 Å². The Morgan fingerprint density at radius 3 is 2.45 bits per heavy atom. The molecule has 5 heteroatoms. The molecule has 116 valence electrons. The van der Waals surface area contributed by atoms with Gasteiger partial charge in [0.2, 0.25) is 0 Å². The fourth-order valence-corrected chi connectivity index (χ4v) is 2.39. The van der Waals surface area contributed by atoms with Gasteiger partial charge in [-0.3, -0.25) is 4.79 Å². The van der Waals surface area contributed by atoms with Gasteiger partial charge in [-0.1, -0.05) is 23.7 Å². The zero-order chi connectivity index (χ0) is 15.8. The average molecular weight is 430 g/mol. The van der Waals surface area contributed by atoms with Crippen LogP contribution in [0, 0.1) is 3.57 Å². The molecule has 0 aliphatic heterocycles. The van der Waals surface area contributed by atoms with E-state index >= 15 is 0 Å². The number of halogens is 2. The Hall–Kier alpha value is -1.27. The van der Waals surface area contributed by atoms with Crippen LogP contribution in [0.2, 0.25) is 5.02 Å². The minimum absolute atomic E-state index is 0.0432. The smallest absolute Gasteiger partial charge is 0.257 e. The topological polar surface area (TPSA) is 38.3 Å². The average Bonchev–Trinajstić information content (AvgIpc) is 2.53. The summed E-state index contributed by atoms with van der Waals surface area (Å²) >= 11 is 8.06. The van der Waals surface area contributed by atoms with Gasteiger partial charge in [-0.15, -0.1) is 0 Å². The Labute approximate surface area is 149 Å². The molecule has 2 aromatic carbocycles. The lowest BCUT2D eigenvalue weighted by molar-refractivity contribution is -0.123. The summed E-state index contributed by atoms with van der Waals surface area (Å²) in [6, 6.07) is 15.4. The van der Waals surface area contributed by atoms with Crippen LogP contribution in [0.25, 0.3) is 0 Å². The Kier molecular flexibility index (Phi) is 6.99. The van der Waals surface area contributed by atoms with Gasteiger partial charge in [0.05, 0.1) is 0 Å². The van der Waals surface area contributed by atoms with E-state index in [-0.39, 0.29) is 12.5 Å². The number of carbonyl (C=O) groups is 1. The quantitative estimate of drug-likeness (QED) is 0.532. The predicted octanol–water partition coefficient (Wildman–Crippen LogP) is 4.07. The standard InChI is InChI=1S/C17H17ClINO2/c18-14-5-3-13(4-6-14)2-1-11-20-17(21)12-22-16-9-7-15(19)8-10-16/h3-10H,1-2,11-12H2,(H,20,21). The molecule has 0 bridgehead atoms. The molecule has 0 spiro atoms.